The molecule has 0 fully saturated rings. The van der Waals surface area contributed by atoms with Gasteiger partial charge in [0, 0.05) is 5.56 Å². The molecule has 0 bridgehead atoms. The van der Waals surface area contributed by atoms with E-state index in [-0.39, 0.29) is 30.7 Å². The van der Waals surface area contributed by atoms with Crippen LogP contribution in [0.2, 0.25) is 0 Å². The Kier molecular flexibility index (Phi) is 7.56. The Hall–Kier alpha value is -3.40. The first kappa shape index (κ1) is 27.6. The van der Waals surface area contributed by atoms with Gasteiger partial charge in [0.05, 0.1) is 19.6 Å². The van der Waals surface area contributed by atoms with Gasteiger partial charge in [0.15, 0.2) is 0 Å². The number of benzene rings is 4. The minimum atomic E-state index is -4.59. The predicted octanol–water partition coefficient (Wildman–Crippen LogP) is 2.69. The van der Waals surface area contributed by atoms with Crippen molar-refractivity contribution < 1.29 is 33.7 Å². The van der Waals surface area contributed by atoms with Crippen LogP contribution in [-0.2, 0) is 40.1 Å². The molecule has 4 aromatic carbocycles. The second kappa shape index (κ2) is 10.4. The summed E-state index contributed by atoms with van der Waals surface area (Å²) in [5.74, 6) is 0. The van der Waals surface area contributed by atoms with Crippen LogP contribution in [0.1, 0.15) is 0 Å². The quantitative estimate of drug-likeness (QED) is 0.300. The van der Waals surface area contributed by atoms with Gasteiger partial charge in [0.1, 0.15) is 0 Å². The molecule has 2 N–H and O–H groups in total. The summed E-state index contributed by atoms with van der Waals surface area (Å²) in [7, 11) is -17.9. The van der Waals surface area contributed by atoms with Crippen LogP contribution < -0.4 is 8.25 Å². The molecule has 10 nitrogen and oxygen atoms in total. The molecule has 0 amide bonds. The number of nitrogens with one attached hydrogen (secondary N) is 2. The lowest BCUT2D eigenvalue weighted by Gasteiger charge is -2.13. The molecule has 38 heavy (non-hydrogen) atoms. The molecule has 0 aliphatic heterocycles. The Balaban J connectivity index is 1.65. The highest BCUT2D eigenvalue weighted by Gasteiger charge is 2.28. The van der Waals surface area contributed by atoms with Gasteiger partial charge < -0.3 is 0 Å². The van der Waals surface area contributed by atoms with Crippen LogP contribution in [0.3, 0.4) is 0 Å². The molecule has 14 heteroatoms. The number of sulfonamides is 4. The zero-order valence-corrected chi connectivity index (χ0v) is 22.6. The first-order valence-electron chi connectivity index (χ1n) is 10.7. The van der Waals surface area contributed by atoms with E-state index in [2.05, 4.69) is 0 Å². The fourth-order valence-corrected chi connectivity index (χ4v) is 9.51. The van der Waals surface area contributed by atoms with Gasteiger partial charge in [0.25, 0.3) is 40.1 Å². The van der Waals surface area contributed by atoms with Gasteiger partial charge in [-0.1, -0.05) is 66.7 Å². The summed E-state index contributed by atoms with van der Waals surface area (Å²) in [6, 6.07) is 24.3. The standard InChI is InChI=1S/C24H20N2O8S4/c27-35(28,20-9-3-1-4-10-20)25-37(31,32)22-17-15-19(16-18-22)23-13-7-8-14-24(23)38(33,34)26-36(29,30)21-11-5-2-6-12-21/h1-18,25-26H. The van der Waals surface area contributed by atoms with Crippen molar-refractivity contribution in [1.82, 2.24) is 8.25 Å². The smallest absolute Gasteiger partial charge is 0.206 e. The largest absolute Gasteiger partial charge is 0.254 e. The van der Waals surface area contributed by atoms with Gasteiger partial charge in [-0.25, -0.2) is 33.7 Å². The van der Waals surface area contributed by atoms with Crippen LogP contribution in [0.5, 0.6) is 0 Å². The van der Waals surface area contributed by atoms with E-state index in [0.29, 0.717) is 0 Å². The van der Waals surface area contributed by atoms with Crippen LogP contribution in [0.15, 0.2) is 129 Å². The molecule has 4 aromatic rings. The summed E-state index contributed by atoms with van der Waals surface area (Å²) >= 11 is 0. The van der Waals surface area contributed by atoms with Crippen LogP contribution >= 0.6 is 0 Å². The van der Waals surface area contributed by atoms with Crippen LogP contribution in [0, 0.1) is 0 Å². The molecule has 198 valence electrons. The second-order valence-corrected chi connectivity index (χ2v) is 15.0. The van der Waals surface area contributed by atoms with Crippen molar-refractivity contribution in [2.24, 2.45) is 0 Å². The van der Waals surface area contributed by atoms with Crippen molar-refractivity contribution in [1.29, 1.82) is 0 Å². The molecular weight excluding hydrogens is 573 g/mol. The van der Waals surface area contributed by atoms with Crippen LogP contribution in [0.4, 0.5) is 0 Å². The average Bonchev–Trinajstić information content (AvgIpc) is 2.89. The summed E-state index contributed by atoms with van der Waals surface area (Å²) in [6.07, 6.45) is 0. The van der Waals surface area contributed by atoms with Crippen molar-refractivity contribution in [3.05, 3.63) is 109 Å². The molecule has 0 spiro atoms. The molecule has 0 saturated heterocycles. The zero-order valence-electron chi connectivity index (χ0n) is 19.3. The molecule has 0 atom stereocenters. The van der Waals surface area contributed by atoms with Gasteiger partial charge in [-0.3, -0.25) is 0 Å². The molecule has 4 rings (SSSR count). The Morgan fingerprint density at radius 3 is 1.21 bits per heavy atom. The molecule has 0 radical (unpaired) electrons. The van der Waals surface area contributed by atoms with Crippen molar-refractivity contribution in [3.8, 4) is 11.1 Å². The monoisotopic (exact) mass is 592 g/mol. The number of hydrogen-bond donors (Lipinski definition) is 2. The summed E-state index contributed by atoms with van der Waals surface area (Å²) in [5.41, 5.74) is 0.338. The van der Waals surface area contributed by atoms with Gasteiger partial charge in [-0.05, 0) is 48.0 Å². The lowest BCUT2D eigenvalue weighted by Crippen LogP contribution is -2.31. The minimum Gasteiger partial charge on any atom is -0.206 e. The maximum absolute atomic E-state index is 13.1. The topological polar surface area (TPSA) is 161 Å². The molecule has 0 saturated carbocycles. The number of hydrogen-bond acceptors (Lipinski definition) is 8. The molecular formula is C24H20N2O8S4. The fraction of sp³-hybridized carbons (Fsp3) is 0. The van der Waals surface area contributed by atoms with Gasteiger partial charge in [-0.2, -0.15) is 0 Å². The molecule has 0 unspecified atom stereocenters. The van der Waals surface area contributed by atoms with Crippen LogP contribution in [0.25, 0.3) is 11.1 Å². The summed E-state index contributed by atoms with van der Waals surface area (Å²) < 4.78 is 105. The summed E-state index contributed by atoms with van der Waals surface area (Å²) in [5, 5.41) is 0. The number of rotatable bonds is 9. The summed E-state index contributed by atoms with van der Waals surface area (Å²) in [4.78, 5) is -1.23. The highest BCUT2D eigenvalue weighted by atomic mass is 32.3. The maximum Gasteiger partial charge on any atom is 0.254 e. The summed E-state index contributed by atoms with van der Waals surface area (Å²) in [6.45, 7) is 0. The molecule has 0 aliphatic rings. The van der Waals surface area contributed by atoms with Gasteiger partial charge in [-0.15, -0.1) is 8.25 Å². The predicted molar refractivity (Wildman–Crippen MR) is 140 cm³/mol. The Morgan fingerprint density at radius 2 is 0.737 bits per heavy atom. The van der Waals surface area contributed by atoms with Crippen molar-refractivity contribution in [2.45, 2.75) is 19.6 Å². The maximum atomic E-state index is 13.1. The van der Waals surface area contributed by atoms with Crippen molar-refractivity contribution in [2.75, 3.05) is 0 Å². The molecule has 0 heterocycles. The van der Waals surface area contributed by atoms with Crippen molar-refractivity contribution >= 4 is 40.1 Å². The van der Waals surface area contributed by atoms with E-state index >= 15 is 0 Å². The van der Waals surface area contributed by atoms with E-state index in [4.69, 9.17) is 0 Å². The average molecular weight is 593 g/mol. The Morgan fingerprint density at radius 1 is 0.368 bits per heavy atom. The van der Waals surface area contributed by atoms with E-state index in [9.17, 15) is 33.7 Å². The van der Waals surface area contributed by atoms with Gasteiger partial charge in [0.2, 0.25) is 0 Å². The third-order valence-electron chi connectivity index (χ3n) is 5.20. The van der Waals surface area contributed by atoms with Crippen molar-refractivity contribution in [3.63, 3.8) is 0 Å². The Labute approximate surface area is 221 Å². The minimum absolute atomic E-state index is 0.0945. The lowest BCUT2D eigenvalue weighted by molar-refractivity contribution is 0.573. The third kappa shape index (κ3) is 6.01. The fourth-order valence-electron chi connectivity index (χ4n) is 3.43. The molecule has 0 aliphatic carbocycles. The normalized spacial score (nSPS) is 12.7. The van der Waals surface area contributed by atoms with Crippen LogP contribution in [-0.4, -0.2) is 33.7 Å². The van der Waals surface area contributed by atoms with Gasteiger partial charge >= 0.3 is 0 Å². The Bertz CT molecular complexity index is 1890. The van der Waals surface area contributed by atoms with E-state index < -0.39 is 40.1 Å². The second-order valence-electron chi connectivity index (χ2n) is 7.83. The zero-order chi connectivity index (χ0) is 27.6. The highest BCUT2D eigenvalue weighted by molar-refractivity contribution is 8.05. The van der Waals surface area contributed by atoms with E-state index in [1.807, 2.05) is 0 Å². The first-order chi connectivity index (χ1) is 17.8. The highest BCUT2D eigenvalue weighted by Crippen LogP contribution is 2.29. The van der Waals surface area contributed by atoms with E-state index in [1.165, 1.54) is 84.9 Å². The first-order valence-corrected chi connectivity index (χ1v) is 16.6. The van der Waals surface area contributed by atoms with E-state index in [0.717, 1.165) is 12.1 Å². The van der Waals surface area contributed by atoms with E-state index in [1.54, 1.807) is 20.4 Å². The lowest BCUT2D eigenvalue weighted by atomic mass is 10.1. The third-order valence-corrected chi connectivity index (χ3v) is 12.3. The SMILES string of the molecule is O=S(=O)(NS(=O)(=O)c1ccc(-c2ccccc2S(=O)(=O)NS(=O)(=O)c2ccccc2)cc1)c1ccccc1. The molecule has 0 aromatic heterocycles.